The molecule has 0 saturated heterocycles. The maximum atomic E-state index is 12.0. The molecule has 0 saturated carbocycles. The fraction of sp³-hybridized carbons (Fsp3) is 0.952. The van der Waals surface area contributed by atoms with Crippen LogP contribution in [0, 0.1) is 0 Å². The van der Waals surface area contributed by atoms with Crippen LogP contribution >= 0.6 is 7.82 Å². The molecule has 0 aromatic heterocycles. The van der Waals surface area contributed by atoms with Crippen molar-refractivity contribution in [3.63, 3.8) is 0 Å². The number of rotatable bonds is 19. The van der Waals surface area contributed by atoms with Gasteiger partial charge in [-0.2, -0.15) is 0 Å². The molecule has 1 amide bonds. The summed E-state index contributed by atoms with van der Waals surface area (Å²) in [5.74, 6) is -0.226. The normalized spacial score (nSPS) is 16.1. The summed E-state index contributed by atoms with van der Waals surface area (Å²) in [5, 5.41) is 13.2. The first-order valence-electron chi connectivity index (χ1n) is 11.4. The molecule has 0 spiro atoms. The van der Waals surface area contributed by atoms with Crippen molar-refractivity contribution in [1.29, 1.82) is 0 Å². The number of nitrogens with one attached hydrogen (secondary N) is 1. The number of carbonyl (C=O) groups is 1. The summed E-state index contributed by atoms with van der Waals surface area (Å²) in [5.41, 5.74) is 0. The first-order chi connectivity index (χ1) is 14.0. The molecule has 180 valence electrons. The van der Waals surface area contributed by atoms with E-state index in [4.69, 9.17) is 9.05 Å². The molecule has 0 aromatic rings. The van der Waals surface area contributed by atoms with Crippen LogP contribution in [0.1, 0.15) is 78.1 Å². The Balaban J connectivity index is 4.53. The van der Waals surface area contributed by atoms with Gasteiger partial charge in [0.05, 0.1) is 39.9 Å². The van der Waals surface area contributed by atoms with E-state index in [1.807, 2.05) is 28.1 Å². The predicted octanol–water partition coefficient (Wildman–Crippen LogP) is 2.98. The molecule has 0 radical (unpaired) electrons. The largest absolute Gasteiger partial charge is 0.756 e. The summed E-state index contributed by atoms with van der Waals surface area (Å²) in [4.78, 5) is 24.0. The van der Waals surface area contributed by atoms with Gasteiger partial charge in [-0.1, -0.05) is 58.8 Å². The Kier molecular flexibility index (Phi) is 15.9. The Morgan fingerprint density at radius 1 is 1.03 bits per heavy atom. The van der Waals surface area contributed by atoms with Gasteiger partial charge in [0.15, 0.2) is 0 Å². The van der Waals surface area contributed by atoms with Crippen molar-refractivity contribution < 1.29 is 32.9 Å². The van der Waals surface area contributed by atoms with E-state index < -0.39 is 20.0 Å². The molecule has 0 bridgehead atoms. The number of carbonyl (C=O) groups excluding carboxylic acids is 1. The Morgan fingerprint density at radius 2 is 1.63 bits per heavy atom. The van der Waals surface area contributed by atoms with Gasteiger partial charge >= 0.3 is 0 Å². The van der Waals surface area contributed by atoms with E-state index in [0.717, 1.165) is 19.3 Å². The average molecular weight is 453 g/mol. The van der Waals surface area contributed by atoms with Crippen molar-refractivity contribution in [3.8, 4) is 0 Å². The molecule has 30 heavy (non-hydrogen) atoms. The molecule has 8 nitrogen and oxygen atoms in total. The minimum Gasteiger partial charge on any atom is -0.756 e. The van der Waals surface area contributed by atoms with Gasteiger partial charge in [0, 0.05) is 6.42 Å². The number of phosphoric acid groups is 1. The Morgan fingerprint density at radius 3 is 2.20 bits per heavy atom. The van der Waals surface area contributed by atoms with Crippen LogP contribution < -0.4 is 10.2 Å². The molecule has 3 atom stereocenters. The number of nitrogens with zero attached hydrogens (tertiary/aromatic N) is 1. The van der Waals surface area contributed by atoms with Crippen molar-refractivity contribution in [2.45, 2.75) is 90.2 Å². The van der Waals surface area contributed by atoms with Crippen LogP contribution in [0.3, 0.4) is 0 Å². The molecule has 0 rings (SSSR count). The lowest BCUT2D eigenvalue weighted by molar-refractivity contribution is -0.870. The van der Waals surface area contributed by atoms with Gasteiger partial charge in [-0.25, -0.2) is 0 Å². The molecule has 0 heterocycles. The summed E-state index contributed by atoms with van der Waals surface area (Å²) in [6.07, 6.45) is 8.42. The zero-order valence-corrected chi connectivity index (χ0v) is 20.6. The topological polar surface area (TPSA) is 108 Å². The maximum Gasteiger partial charge on any atom is 0.268 e. The first kappa shape index (κ1) is 29.5. The summed E-state index contributed by atoms with van der Waals surface area (Å²) in [6, 6.07) is -0.784. The quantitative estimate of drug-likeness (QED) is 0.177. The minimum absolute atomic E-state index is 0.0116. The third kappa shape index (κ3) is 17.2. The zero-order chi connectivity index (χ0) is 23.0. The standard InChI is InChI=1S/C21H45N2O6P/c1-6-8-9-10-11-12-13-15-20(24)19(22-21(25)14-7-2)18-29-30(26,27)28-17-16-23(3,4)5/h19-20,24H,6-18H2,1-5H3,(H-,22,25,26,27). The van der Waals surface area contributed by atoms with Gasteiger partial charge in [-0.05, 0) is 12.8 Å². The monoisotopic (exact) mass is 452 g/mol. The fourth-order valence-electron chi connectivity index (χ4n) is 2.90. The number of phosphoric ester groups is 1. The van der Waals surface area contributed by atoms with Crippen LogP contribution in [0.25, 0.3) is 0 Å². The van der Waals surface area contributed by atoms with Gasteiger partial charge in [0.25, 0.3) is 7.82 Å². The molecule has 2 N–H and O–H groups in total. The summed E-state index contributed by atoms with van der Waals surface area (Å²) < 4.78 is 22.5. The smallest absolute Gasteiger partial charge is 0.268 e. The molecule has 0 fully saturated rings. The lowest BCUT2D eigenvalue weighted by Crippen LogP contribution is -2.46. The molecule has 0 aliphatic rings. The highest BCUT2D eigenvalue weighted by Gasteiger charge is 2.24. The highest BCUT2D eigenvalue weighted by Crippen LogP contribution is 2.38. The third-order valence-electron chi connectivity index (χ3n) is 4.82. The van der Waals surface area contributed by atoms with Crippen molar-refractivity contribution in [2.75, 3.05) is 40.9 Å². The minimum atomic E-state index is -4.50. The number of hydrogen-bond donors (Lipinski definition) is 2. The Hall–Kier alpha value is -0.500. The van der Waals surface area contributed by atoms with Crippen LogP contribution in [0.2, 0.25) is 0 Å². The lowest BCUT2D eigenvalue weighted by Gasteiger charge is -2.30. The molecule has 9 heteroatoms. The Bertz CT molecular complexity index is 498. The van der Waals surface area contributed by atoms with Gasteiger partial charge in [-0.15, -0.1) is 0 Å². The number of hydrogen-bond acceptors (Lipinski definition) is 6. The van der Waals surface area contributed by atoms with Crippen molar-refractivity contribution in [1.82, 2.24) is 5.32 Å². The van der Waals surface area contributed by atoms with E-state index in [9.17, 15) is 19.4 Å². The number of aliphatic hydroxyl groups is 1. The van der Waals surface area contributed by atoms with Crippen LogP contribution in [-0.2, 0) is 18.4 Å². The number of amides is 1. The van der Waals surface area contributed by atoms with Gasteiger partial charge in [0.1, 0.15) is 13.2 Å². The molecular formula is C21H45N2O6P. The molecule has 0 aromatic carbocycles. The molecule has 0 aliphatic carbocycles. The van der Waals surface area contributed by atoms with Crippen LogP contribution in [0.15, 0.2) is 0 Å². The second-order valence-corrected chi connectivity index (χ2v) is 10.4. The van der Waals surface area contributed by atoms with Crippen LogP contribution in [-0.4, -0.2) is 68.5 Å². The SMILES string of the molecule is CCCCCCCCCC(O)C(COP(=O)([O-])OCC[N+](C)(C)C)NC(=O)CCC. The van der Waals surface area contributed by atoms with Crippen molar-refractivity contribution in [2.24, 2.45) is 0 Å². The molecule has 3 unspecified atom stereocenters. The lowest BCUT2D eigenvalue weighted by atomic mass is 10.0. The molecular weight excluding hydrogens is 407 g/mol. The van der Waals surface area contributed by atoms with E-state index in [2.05, 4.69) is 12.2 Å². The van der Waals surface area contributed by atoms with Crippen molar-refractivity contribution >= 4 is 13.7 Å². The molecule has 0 aliphatic heterocycles. The van der Waals surface area contributed by atoms with Gasteiger partial charge < -0.3 is 28.8 Å². The van der Waals surface area contributed by atoms with E-state index in [1.54, 1.807) is 0 Å². The summed E-state index contributed by atoms with van der Waals surface area (Å²) >= 11 is 0. The number of likely N-dealkylation sites (N-methyl/N-ethyl adjacent to an activating group) is 1. The van der Waals surface area contributed by atoms with Gasteiger partial charge in [-0.3, -0.25) is 9.36 Å². The van der Waals surface area contributed by atoms with E-state index >= 15 is 0 Å². The average Bonchev–Trinajstić information content (AvgIpc) is 2.63. The van der Waals surface area contributed by atoms with Gasteiger partial charge in [0.2, 0.25) is 5.91 Å². The van der Waals surface area contributed by atoms with E-state index in [1.165, 1.54) is 25.7 Å². The summed E-state index contributed by atoms with van der Waals surface area (Å²) in [7, 11) is 1.29. The number of aliphatic hydroxyl groups excluding tert-OH is 1. The summed E-state index contributed by atoms with van der Waals surface area (Å²) in [6.45, 7) is 4.25. The number of quaternary nitrogens is 1. The maximum absolute atomic E-state index is 12.0. The highest BCUT2D eigenvalue weighted by atomic mass is 31.2. The third-order valence-corrected chi connectivity index (χ3v) is 5.78. The first-order valence-corrected chi connectivity index (χ1v) is 12.8. The fourth-order valence-corrected chi connectivity index (χ4v) is 3.63. The second-order valence-electron chi connectivity index (χ2n) is 8.99. The van der Waals surface area contributed by atoms with Crippen molar-refractivity contribution in [3.05, 3.63) is 0 Å². The Labute approximate surface area is 183 Å². The van der Waals surface area contributed by atoms with Crippen LogP contribution in [0.4, 0.5) is 0 Å². The zero-order valence-electron chi connectivity index (χ0n) is 19.7. The van der Waals surface area contributed by atoms with E-state index in [0.29, 0.717) is 30.3 Å². The second kappa shape index (κ2) is 16.2. The predicted molar refractivity (Wildman–Crippen MR) is 118 cm³/mol. The van der Waals surface area contributed by atoms with Crippen LogP contribution in [0.5, 0.6) is 0 Å². The van der Waals surface area contributed by atoms with E-state index in [-0.39, 0.29) is 19.1 Å². The highest BCUT2D eigenvalue weighted by molar-refractivity contribution is 7.45. The number of unbranched alkanes of at least 4 members (excludes halogenated alkanes) is 6.